The van der Waals surface area contributed by atoms with Crippen molar-refractivity contribution in [1.82, 2.24) is 0 Å². The molecular weight excluding hydrogens is 288 g/mol. The van der Waals surface area contributed by atoms with Crippen LogP contribution in [0.1, 0.15) is 19.4 Å². The first kappa shape index (κ1) is 15.9. The summed E-state index contributed by atoms with van der Waals surface area (Å²) in [6, 6.07) is 9.62. The fraction of sp³-hybridized carbons (Fsp3) is 0.625. The van der Waals surface area contributed by atoms with E-state index in [2.05, 4.69) is 0 Å². The van der Waals surface area contributed by atoms with Gasteiger partial charge in [-0.3, -0.25) is 0 Å². The third-order valence-electron chi connectivity index (χ3n) is 3.89. The van der Waals surface area contributed by atoms with Crippen molar-refractivity contribution in [3.63, 3.8) is 0 Å². The van der Waals surface area contributed by atoms with E-state index in [-0.39, 0.29) is 6.61 Å². The van der Waals surface area contributed by atoms with Crippen LogP contribution in [0.5, 0.6) is 0 Å². The normalized spacial score (nSPS) is 37.0. The van der Waals surface area contributed by atoms with Crippen LogP contribution in [0.4, 0.5) is 0 Å². The predicted octanol–water partition coefficient (Wildman–Crippen LogP) is 0.801. The Labute approximate surface area is 129 Å². The van der Waals surface area contributed by atoms with Gasteiger partial charge in [0, 0.05) is 0 Å². The molecule has 2 aliphatic rings. The summed E-state index contributed by atoms with van der Waals surface area (Å²) in [7, 11) is 0. The first-order valence-electron chi connectivity index (χ1n) is 7.46. The number of benzene rings is 1. The molecule has 22 heavy (non-hydrogen) atoms. The summed E-state index contributed by atoms with van der Waals surface area (Å²) in [6.07, 6.45) is -3.52. The van der Waals surface area contributed by atoms with Crippen molar-refractivity contribution in [1.29, 1.82) is 0 Å². The minimum absolute atomic E-state index is 0.224. The van der Waals surface area contributed by atoms with E-state index in [1.54, 1.807) is 13.8 Å². The zero-order valence-corrected chi connectivity index (χ0v) is 12.7. The summed E-state index contributed by atoms with van der Waals surface area (Å²) < 4.78 is 22.8. The molecular formula is C16H22O6. The van der Waals surface area contributed by atoms with E-state index in [4.69, 9.17) is 18.9 Å². The highest BCUT2D eigenvalue weighted by molar-refractivity contribution is 5.13. The Morgan fingerprint density at radius 1 is 1.14 bits per heavy atom. The molecule has 2 aliphatic heterocycles. The molecule has 0 bridgehead atoms. The van der Waals surface area contributed by atoms with Gasteiger partial charge in [-0.15, -0.1) is 0 Å². The van der Waals surface area contributed by atoms with Crippen molar-refractivity contribution in [2.24, 2.45) is 0 Å². The second-order valence-electron chi connectivity index (χ2n) is 6.08. The first-order valence-corrected chi connectivity index (χ1v) is 7.46. The SMILES string of the molecule is CC1(C)O[C@@H]2[C@@H](O)[C@H](OCc3ccccc3)O[C@H](CO)[C@@H]2O1. The Bertz CT molecular complexity index is 491. The molecule has 2 fully saturated rings. The van der Waals surface area contributed by atoms with E-state index in [0.29, 0.717) is 6.61 Å². The van der Waals surface area contributed by atoms with E-state index >= 15 is 0 Å². The van der Waals surface area contributed by atoms with Gasteiger partial charge >= 0.3 is 0 Å². The molecule has 0 unspecified atom stereocenters. The lowest BCUT2D eigenvalue weighted by molar-refractivity contribution is -0.285. The van der Waals surface area contributed by atoms with Gasteiger partial charge in [0.25, 0.3) is 0 Å². The number of hydrogen-bond donors (Lipinski definition) is 2. The Hall–Kier alpha value is -1.02. The molecule has 122 valence electrons. The average molecular weight is 310 g/mol. The largest absolute Gasteiger partial charge is 0.394 e. The standard InChI is InChI=1S/C16H22O6/c1-16(2)21-13-11(8-17)20-15(12(18)14(13)22-16)19-9-10-6-4-3-5-7-10/h3-7,11-15,17-18H,8-9H2,1-2H3/t11-,12-,13+,14-,15-/m1/s1. The second kappa shape index (κ2) is 6.23. The molecule has 0 spiro atoms. The number of aliphatic hydroxyl groups is 2. The molecule has 5 atom stereocenters. The lowest BCUT2D eigenvalue weighted by Gasteiger charge is -2.39. The summed E-state index contributed by atoms with van der Waals surface area (Å²) in [6.45, 7) is 3.62. The van der Waals surface area contributed by atoms with Crippen LogP contribution in [0.15, 0.2) is 30.3 Å². The second-order valence-corrected chi connectivity index (χ2v) is 6.08. The highest BCUT2D eigenvalue weighted by Gasteiger charge is 2.55. The molecule has 6 nitrogen and oxygen atoms in total. The van der Waals surface area contributed by atoms with Crippen molar-refractivity contribution in [3.05, 3.63) is 35.9 Å². The number of aliphatic hydroxyl groups excluding tert-OH is 2. The van der Waals surface area contributed by atoms with Crippen LogP contribution in [0, 0.1) is 0 Å². The molecule has 3 rings (SSSR count). The maximum Gasteiger partial charge on any atom is 0.187 e. The van der Waals surface area contributed by atoms with Crippen molar-refractivity contribution in [3.8, 4) is 0 Å². The molecule has 0 aromatic heterocycles. The number of rotatable bonds is 4. The van der Waals surface area contributed by atoms with Crippen molar-refractivity contribution >= 4 is 0 Å². The fourth-order valence-corrected chi connectivity index (χ4v) is 2.89. The van der Waals surface area contributed by atoms with E-state index < -0.39 is 36.5 Å². The summed E-state index contributed by atoms with van der Waals surface area (Å²) in [5.74, 6) is -0.818. The van der Waals surface area contributed by atoms with Gasteiger partial charge in [0.1, 0.15) is 24.4 Å². The molecule has 6 heteroatoms. The van der Waals surface area contributed by atoms with Crippen LogP contribution in [-0.4, -0.2) is 53.3 Å². The Morgan fingerprint density at radius 3 is 2.50 bits per heavy atom. The van der Waals surface area contributed by atoms with Gasteiger partial charge in [-0.1, -0.05) is 30.3 Å². The van der Waals surface area contributed by atoms with E-state index in [1.807, 2.05) is 30.3 Å². The third kappa shape index (κ3) is 3.17. The predicted molar refractivity (Wildman–Crippen MR) is 76.8 cm³/mol. The Morgan fingerprint density at radius 2 is 1.82 bits per heavy atom. The van der Waals surface area contributed by atoms with Gasteiger partial charge in [-0.25, -0.2) is 0 Å². The Kier molecular flexibility index (Phi) is 4.49. The van der Waals surface area contributed by atoms with Crippen LogP contribution >= 0.6 is 0 Å². The van der Waals surface area contributed by atoms with Gasteiger partial charge in [0.2, 0.25) is 0 Å². The minimum atomic E-state index is -0.974. The molecule has 2 N–H and O–H groups in total. The van der Waals surface area contributed by atoms with E-state index in [1.165, 1.54) is 0 Å². The lowest BCUT2D eigenvalue weighted by Crippen LogP contribution is -2.57. The molecule has 1 aromatic rings. The van der Waals surface area contributed by atoms with Crippen LogP contribution in [0.2, 0.25) is 0 Å². The third-order valence-corrected chi connectivity index (χ3v) is 3.89. The average Bonchev–Trinajstić information content (AvgIpc) is 2.84. The van der Waals surface area contributed by atoms with Gasteiger partial charge < -0.3 is 29.2 Å². The van der Waals surface area contributed by atoms with Crippen molar-refractivity contribution in [2.75, 3.05) is 6.61 Å². The molecule has 2 saturated heterocycles. The smallest absolute Gasteiger partial charge is 0.187 e. The van der Waals surface area contributed by atoms with Crippen molar-refractivity contribution in [2.45, 2.75) is 56.9 Å². The minimum Gasteiger partial charge on any atom is -0.394 e. The van der Waals surface area contributed by atoms with Crippen LogP contribution < -0.4 is 0 Å². The fourth-order valence-electron chi connectivity index (χ4n) is 2.89. The number of fused-ring (bicyclic) bond motifs is 1. The van der Waals surface area contributed by atoms with Crippen LogP contribution in [-0.2, 0) is 25.6 Å². The quantitative estimate of drug-likeness (QED) is 0.857. The summed E-state index contributed by atoms with van der Waals surface area (Å²) >= 11 is 0. The van der Waals surface area contributed by atoms with Crippen LogP contribution in [0.3, 0.4) is 0 Å². The van der Waals surface area contributed by atoms with Gasteiger partial charge in [0.05, 0.1) is 13.2 Å². The Balaban J connectivity index is 1.68. The maximum absolute atomic E-state index is 10.4. The summed E-state index contributed by atoms with van der Waals surface area (Å²) in [4.78, 5) is 0. The number of hydrogen-bond acceptors (Lipinski definition) is 6. The van der Waals surface area contributed by atoms with Gasteiger partial charge in [-0.2, -0.15) is 0 Å². The molecule has 0 saturated carbocycles. The zero-order valence-electron chi connectivity index (χ0n) is 12.7. The highest BCUT2D eigenvalue weighted by atomic mass is 16.8. The van der Waals surface area contributed by atoms with Crippen LogP contribution in [0.25, 0.3) is 0 Å². The first-order chi connectivity index (χ1) is 10.5. The monoisotopic (exact) mass is 310 g/mol. The van der Waals surface area contributed by atoms with Gasteiger partial charge in [-0.05, 0) is 19.4 Å². The topological polar surface area (TPSA) is 77.4 Å². The summed E-state index contributed by atoms with van der Waals surface area (Å²) in [5, 5.41) is 19.9. The molecule has 0 aliphatic carbocycles. The lowest BCUT2D eigenvalue weighted by atomic mass is 9.99. The number of ether oxygens (including phenoxy) is 4. The molecule has 0 radical (unpaired) electrons. The maximum atomic E-state index is 10.4. The van der Waals surface area contributed by atoms with Gasteiger partial charge in [0.15, 0.2) is 12.1 Å². The van der Waals surface area contributed by atoms with Crippen molar-refractivity contribution < 1.29 is 29.2 Å². The summed E-state index contributed by atoms with van der Waals surface area (Å²) in [5.41, 5.74) is 0.977. The molecule has 1 aromatic carbocycles. The molecule has 0 amide bonds. The van der Waals surface area contributed by atoms with E-state index in [0.717, 1.165) is 5.56 Å². The zero-order chi connectivity index (χ0) is 15.7. The highest BCUT2D eigenvalue weighted by Crippen LogP contribution is 2.37. The molecule has 2 heterocycles. The van der Waals surface area contributed by atoms with E-state index in [9.17, 15) is 10.2 Å².